The van der Waals surface area contributed by atoms with E-state index >= 15 is 0 Å². The lowest BCUT2D eigenvalue weighted by atomic mass is 9.57. The van der Waals surface area contributed by atoms with Crippen LogP contribution in [-0.4, -0.2) is 23.8 Å². The topological polar surface area (TPSA) is 27.7 Å². The molecule has 3 saturated heterocycles. The number of hydrogen-bond donors (Lipinski definition) is 0. The van der Waals surface area contributed by atoms with Gasteiger partial charge in [0, 0.05) is 11.8 Å². The van der Waals surface area contributed by atoms with Gasteiger partial charge >= 0.3 is 0 Å². The van der Waals surface area contributed by atoms with Crippen molar-refractivity contribution >= 4 is 0 Å². The lowest BCUT2D eigenvalue weighted by Crippen LogP contribution is -2.49. The summed E-state index contributed by atoms with van der Waals surface area (Å²) in [6.45, 7) is 4.25. The molecular weight excluding hydrogens is 192 g/mol. The number of rotatable bonds is 0. The van der Waals surface area contributed by atoms with Crippen LogP contribution in [0.4, 0.5) is 0 Å². The van der Waals surface area contributed by atoms with E-state index in [9.17, 15) is 0 Å². The first-order chi connectivity index (χ1) is 7.12. The summed E-state index contributed by atoms with van der Waals surface area (Å²) in [5.74, 6) is 1.95. The van der Waals surface area contributed by atoms with E-state index in [-0.39, 0.29) is 11.6 Å². The summed E-state index contributed by atoms with van der Waals surface area (Å²) in [5, 5.41) is 0. The zero-order valence-electron chi connectivity index (χ0n) is 9.10. The Bertz CT molecular complexity index is 332. The number of fused-ring (bicyclic) bond motifs is 8. The van der Waals surface area contributed by atoms with Gasteiger partial charge in [0.15, 0.2) is 11.6 Å². The molecule has 0 aromatic carbocycles. The first-order valence-electron chi connectivity index (χ1n) is 6.18. The Morgan fingerprint density at radius 3 is 1.80 bits per heavy atom. The number of ether oxygens (including phenoxy) is 3. The summed E-state index contributed by atoms with van der Waals surface area (Å²) < 4.78 is 18.5. The van der Waals surface area contributed by atoms with Crippen LogP contribution >= 0.6 is 0 Å². The van der Waals surface area contributed by atoms with Gasteiger partial charge < -0.3 is 14.2 Å². The maximum Gasteiger partial charge on any atom is 0.173 e. The van der Waals surface area contributed by atoms with Crippen LogP contribution in [0.15, 0.2) is 0 Å². The minimum Gasteiger partial charge on any atom is -0.344 e. The molecule has 8 atom stereocenters. The van der Waals surface area contributed by atoms with Crippen molar-refractivity contribution in [2.45, 2.75) is 50.5 Å². The van der Waals surface area contributed by atoms with Gasteiger partial charge in [-0.3, -0.25) is 0 Å². The molecule has 3 heteroatoms. The fraction of sp³-hybridized carbons (Fsp3) is 1.00. The Labute approximate surface area is 89.1 Å². The monoisotopic (exact) mass is 208 g/mol. The summed E-state index contributed by atoms with van der Waals surface area (Å²) in [5.41, 5.74) is 0. The van der Waals surface area contributed by atoms with E-state index in [0.717, 1.165) is 0 Å². The average Bonchev–Trinajstić information content (AvgIpc) is 2.60. The number of hydrogen-bond acceptors (Lipinski definition) is 3. The van der Waals surface area contributed by atoms with E-state index < -0.39 is 0 Å². The molecule has 82 valence electrons. The zero-order valence-corrected chi connectivity index (χ0v) is 9.10. The van der Waals surface area contributed by atoms with Gasteiger partial charge in [0.2, 0.25) is 0 Å². The summed E-state index contributed by atoms with van der Waals surface area (Å²) >= 11 is 0. The zero-order chi connectivity index (χ0) is 10.00. The van der Waals surface area contributed by atoms with E-state index in [1.54, 1.807) is 0 Å². The van der Waals surface area contributed by atoms with E-state index in [4.69, 9.17) is 14.2 Å². The molecule has 1 aliphatic carbocycles. The van der Waals surface area contributed by atoms with Crippen LogP contribution in [0.5, 0.6) is 0 Å². The van der Waals surface area contributed by atoms with Crippen LogP contribution in [-0.2, 0) is 14.2 Å². The Hall–Kier alpha value is -0.120. The van der Waals surface area contributed by atoms with Gasteiger partial charge in [-0.25, -0.2) is 0 Å². The fourth-order valence-electron chi connectivity index (χ4n) is 5.52. The third kappa shape index (κ3) is 0.605. The second-order valence-electron chi connectivity index (χ2n) is 6.26. The lowest BCUT2D eigenvalue weighted by molar-refractivity contribution is -0.272. The quantitative estimate of drug-likeness (QED) is 0.604. The van der Waals surface area contributed by atoms with Crippen molar-refractivity contribution in [1.82, 2.24) is 0 Å². The van der Waals surface area contributed by atoms with E-state index in [0.29, 0.717) is 35.9 Å². The van der Waals surface area contributed by atoms with Crippen molar-refractivity contribution in [1.29, 1.82) is 0 Å². The van der Waals surface area contributed by atoms with Crippen molar-refractivity contribution in [2.24, 2.45) is 23.7 Å². The molecule has 4 rings (SSSR count). The highest BCUT2D eigenvalue weighted by Gasteiger charge is 2.80. The summed E-state index contributed by atoms with van der Waals surface area (Å²) in [4.78, 5) is 0. The van der Waals surface area contributed by atoms with Gasteiger partial charge in [-0.1, -0.05) is 0 Å². The minimum atomic E-state index is -0.335. The second kappa shape index (κ2) is 1.89. The van der Waals surface area contributed by atoms with Crippen molar-refractivity contribution in [3.63, 3.8) is 0 Å². The summed E-state index contributed by atoms with van der Waals surface area (Å²) in [6, 6.07) is 0. The Morgan fingerprint density at radius 1 is 0.867 bits per heavy atom. The molecule has 4 aliphatic rings. The summed E-state index contributed by atoms with van der Waals surface area (Å²) in [6.07, 6.45) is 3.32. The maximum absolute atomic E-state index is 6.17. The molecule has 3 nitrogen and oxygen atoms in total. The fourth-order valence-corrected chi connectivity index (χ4v) is 5.52. The van der Waals surface area contributed by atoms with Gasteiger partial charge in [-0.15, -0.1) is 0 Å². The normalized spacial score (nSPS) is 77.2. The Balaban J connectivity index is 1.83. The van der Waals surface area contributed by atoms with Gasteiger partial charge in [-0.2, -0.15) is 0 Å². The van der Waals surface area contributed by atoms with Crippen molar-refractivity contribution in [3.05, 3.63) is 0 Å². The highest BCUT2D eigenvalue weighted by atomic mass is 16.8. The molecule has 8 unspecified atom stereocenters. The molecule has 4 fully saturated rings. The molecule has 0 spiro atoms. The van der Waals surface area contributed by atoms with E-state index in [1.165, 1.54) is 12.8 Å². The Morgan fingerprint density at radius 2 is 1.33 bits per heavy atom. The van der Waals surface area contributed by atoms with Gasteiger partial charge in [0.1, 0.15) is 0 Å². The van der Waals surface area contributed by atoms with E-state index in [1.807, 2.05) is 0 Å². The smallest absolute Gasteiger partial charge is 0.173 e. The van der Waals surface area contributed by atoms with Crippen LogP contribution in [0.2, 0.25) is 0 Å². The largest absolute Gasteiger partial charge is 0.344 e. The standard InChI is InChI=1S/C12H16O3/c1-11-7-5-3-4-6-8(7)12(2,15-11)14-10(6)9(5)13-11/h5-10H,3-4H2,1-2H3. The average molecular weight is 208 g/mol. The van der Waals surface area contributed by atoms with Crippen molar-refractivity contribution < 1.29 is 14.2 Å². The van der Waals surface area contributed by atoms with Gasteiger partial charge in [0.05, 0.1) is 12.2 Å². The molecule has 3 heterocycles. The molecular formula is C12H16O3. The molecule has 0 radical (unpaired) electrons. The lowest BCUT2D eigenvalue weighted by Gasteiger charge is -2.43. The SMILES string of the molecule is CC12OC3C4CCC5C3OC(C)(O1)C5C42. The van der Waals surface area contributed by atoms with Crippen LogP contribution < -0.4 is 0 Å². The summed E-state index contributed by atoms with van der Waals surface area (Å²) in [7, 11) is 0. The van der Waals surface area contributed by atoms with Crippen molar-refractivity contribution in [2.75, 3.05) is 0 Å². The predicted molar refractivity (Wildman–Crippen MR) is 50.8 cm³/mol. The third-order valence-electron chi connectivity index (χ3n) is 5.67. The second-order valence-corrected chi connectivity index (χ2v) is 6.26. The Kier molecular flexibility index (Phi) is 1.01. The molecule has 0 amide bonds. The molecule has 3 aliphatic heterocycles. The van der Waals surface area contributed by atoms with Crippen LogP contribution in [0.1, 0.15) is 26.7 Å². The molecule has 0 aromatic rings. The first-order valence-corrected chi connectivity index (χ1v) is 6.18. The molecule has 0 N–H and O–H groups in total. The van der Waals surface area contributed by atoms with Gasteiger partial charge in [0.25, 0.3) is 0 Å². The van der Waals surface area contributed by atoms with E-state index in [2.05, 4.69) is 13.8 Å². The predicted octanol–water partition coefficient (Wildman–Crippen LogP) is 1.52. The minimum absolute atomic E-state index is 0.333. The molecule has 15 heavy (non-hydrogen) atoms. The van der Waals surface area contributed by atoms with Crippen LogP contribution in [0.3, 0.4) is 0 Å². The van der Waals surface area contributed by atoms with Crippen molar-refractivity contribution in [3.8, 4) is 0 Å². The maximum atomic E-state index is 6.17. The molecule has 1 saturated carbocycles. The first kappa shape index (κ1) is 8.04. The molecule has 0 aromatic heterocycles. The van der Waals surface area contributed by atoms with Crippen LogP contribution in [0, 0.1) is 23.7 Å². The molecule has 0 bridgehead atoms. The highest BCUT2D eigenvalue weighted by Crippen LogP contribution is 2.72. The van der Waals surface area contributed by atoms with Crippen LogP contribution in [0.25, 0.3) is 0 Å². The van der Waals surface area contributed by atoms with Gasteiger partial charge in [-0.05, 0) is 38.5 Å². The highest BCUT2D eigenvalue weighted by molar-refractivity contribution is 5.21. The third-order valence-corrected chi connectivity index (χ3v) is 5.67.